The van der Waals surface area contributed by atoms with Crippen LogP contribution in [0.2, 0.25) is 0 Å². The lowest BCUT2D eigenvalue weighted by Crippen LogP contribution is -2.41. The predicted octanol–water partition coefficient (Wildman–Crippen LogP) is 3.57. The van der Waals surface area contributed by atoms with E-state index in [1.807, 2.05) is 0 Å². The lowest BCUT2D eigenvalue weighted by molar-refractivity contribution is -0.120. The summed E-state index contributed by atoms with van der Waals surface area (Å²) in [5, 5.41) is 2.88. The normalized spacial score (nSPS) is 16.0. The Labute approximate surface area is 176 Å². The van der Waals surface area contributed by atoms with Gasteiger partial charge < -0.3 is 14.8 Å². The van der Waals surface area contributed by atoms with Gasteiger partial charge in [-0.25, -0.2) is 8.42 Å². The van der Waals surface area contributed by atoms with E-state index in [1.54, 1.807) is 37.4 Å². The zero-order chi connectivity index (χ0) is 20.3. The van der Waals surface area contributed by atoms with Crippen LogP contribution in [0.4, 0.5) is 5.69 Å². The Morgan fingerprint density at radius 2 is 1.89 bits per heavy atom. The molecule has 1 N–H and O–H groups in total. The van der Waals surface area contributed by atoms with E-state index in [2.05, 4.69) is 21.2 Å². The second kappa shape index (κ2) is 8.81. The van der Waals surface area contributed by atoms with Crippen molar-refractivity contribution in [1.82, 2.24) is 4.31 Å². The molecule has 2 heterocycles. The Morgan fingerprint density at radius 1 is 1.18 bits per heavy atom. The van der Waals surface area contributed by atoms with Crippen molar-refractivity contribution in [3.8, 4) is 11.5 Å². The maximum absolute atomic E-state index is 12.7. The number of ether oxygens (including phenoxy) is 2. The highest BCUT2D eigenvalue weighted by Gasteiger charge is 2.33. The molecule has 1 aromatic carbocycles. The number of halogens is 1. The van der Waals surface area contributed by atoms with Crippen LogP contribution in [0.3, 0.4) is 0 Å². The molecule has 0 atom stereocenters. The van der Waals surface area contributed by atoms with E-state index in [9.17, 15) is 13.2 Å². The van der Waals surface area contributed by atoms with Gasteiger partial charge in [0.15, 0.2) is 0 Å². The number of nitrogens with zero attached hydrogens (tertiary/aromatic N) is 1. The van der Waals surface area contributed by atoms with E-state index < -0.39 is 10.0 Å². The van der Waals surface area contributed by atoms with Crippen molar-refractivity contribution in [1.29, 1.82) is 0 Å². The Morgan fingerprint density at radius 3 is 2.46 bits per heavy atom. The third kappa shape index (κ3) is 4.51. The zero-order valence-electron chi connectivity index (χ0n) is 15.5. The summed E-state index contributed by atoms with van der Waals surface area (Å²) in [5.74, 6) is 0.733. The highest BCUT2D eigenvalue weighted by atomic mass is 79.9. The summed E-state index contributed by atoms with van der Waals surface area (Å²) in [6.07, 6.45) is 0.924. The van der Waals surface area contributed by atoms with Gasteiger partial charge in [0.2, 0.25) is 5.91 Å². The third-order valence-corrected chi connectivity index (χ3v) is 8.62. The smallest absolute Gasteiger partial charge is 0.252 e. The van der Waals surface area contributed by atoms with Gasteiger partial charge in [-0.05, 0) is 53.0 Å². The quantitative estimate of drug-likeness (QED) is 0.671. The summed E-state index contributed by atoms with van der Waals surface area (Å²) in [5.41, 5.74) is 0.533. The molecule has 2 aromatic rings. The van der Waals surface area contributed by atoms with Gasteiger partial charge in [-0.15, -0.1) is 11.3 Å². The van der Waals surface area contributed by atoms with Crippen molar-refractivity contribution in [2.75, 3.05) is 32.6 Å². The first-order chi connectivity index (χ1) is 13.3. The summed E-state index contributed by atoms with van der Waals surface area (Å²) < 4.78 is 38.4. The molecule has 3 rings (SSSR count). The van der Waals surface area contributed by atoms with Gasteiger partial charge in [0.1, 0.15) is 15.7 Å². The van der Waals surface area contributed by atoms with Crippen LogP contribution in [0, 0.1) is 5.92 Å². The summed E-state index contributed by atoms with van der Waals surface area (Å²) in [7, 11) is -0.432. The minimum Gasteiger partial charge on any atom is -0.497 e. The Hall–Kier alpha value is -1.62. The molecule has 0 bridgehead atoms. The lowest BCUT2D eigenvalue weighted by Gasteiger charge is -2.30. The van der Waals surface area contributed by atoms with E-state index >= 15 is 0 Å². The molecule has 7 nitrogen and oxygen atoms in total. The lowest BCUT2D eigenvalue weighted by atomic mass is 9.97. The highest BCUT2D eigenvalue weighted by Crippen LogP contribution is 2.32. The first kappa shape index (κ1) is 21.1. The number of methoxy groups -OCH3 is 2. The van der Waals surface area contributed by atoms with Gasteiger partial charge in [0, 0.05) is 25.1 Å². The van der Waals surface area contributed by atoms with E-state index in [0.717, 1.165) is 3.79 Å². The van der Waals surface area contributed by atoms with Crippen LogP contribution in [0.5, 0.6) is 11.5 Å². The number of sulfonamides is 1. The van der Waals surface area contributed by atoms with Crippen molar-refractivity contribution in [3.63, 3.8) is 0 Å². The Bertz CT molecular complexity index is 953. The van der Waals surface area contributed by atoms with Crippen LogP contribution in [-0.4, -0.2) is 45.9 Å². The third-order valence-electron chi connectivity index (χ3n) is 4.63. The first-order valence-corrected chi connectivity index (χ1v) is 11.7. The van der Waals surface area contributed by atoms with Crippen LogP contribution in [0.15, 0.2) is 38.3 Å². The van der Waals surface area contributed by atoms with E-state index in [0.29, 0.717) is 47.3 Å². The highest BCUT2D eigenvalue weighted by molar-refractivity contribution is 9.11. The van der Waals surface area contributed by atoms with E-state index in [1.165, 1.54) is 22.8 Å². The Kier molecular flexibility index (Phi) is 6.64. The zero-order valence-corrected chi connectivity index (χ0v) is 18.7. The molecule has 0 radical (unpaired) electrons. The molecule has 1 aromatic heterocycles. The van der Waals surface area contributed by atoms with E-state index in [4.69, 9.17) is 9.47 Å². The monoisotopic (exact) mass is 488 g/mol. The second-order valence-corrected chi connectivity index (χ2v) is 10.9. The first-order valence-electron chi connectivity index (χ1n) is 8.63. The van der Waals surface area contributed by atoms with Gasteiger partial charge in [-0.3, -0.25) is 4.79 Å². The fourth-order valence-corrected chi connectivity index (χ4v) is 6.70. The SMILES string of the molecule is COc1ccc(OC)c(NC(=O)C2CCN(S(=O)(=O)c3ccc(Br)s3)CC2)c1. The van der Waals surface area contributed by atoms with Gasteiger partial charge in [-0.2, -0.15) is 4.31 Å². The largest absolute Gasteiger partial charge is 0.497 e. The Balaban J connectivity index is 1.64. The molecule has 0 saturated carbocycles. The van der Waals surface area contributed by atoms with Crippen LogP contribution < -0.4 is 14.8 Å². The molecule has 152 valence electrons. The fraction of sp³-hybridized carbons (Fsp3) is 0.389. The summed E-state index contributed by atoms with van der Waals surface area (Å²) >= 11 is 4.48. The number of carbonyl (C=O) groups is 1. The molecule has 10 heteroatoms. The maximum Gasteiger partial charge on any atom is 0.252 e. The molecule has 1 saturated heterocycles. The van der Waals surface area contributed by atoms with Crippen LogP contribution in [0.1, 0.15) is 12.8 Å². The van der Waals surface area contributed by atoms with Gasteiger partial charge >= 0.3 is 0 Å². The molecule has 1 aliphatic heterocycles. The van der Waals surface area contributed by atoms with Gasteiger partial charge in [0.05, 0.1) is 23.7 Å². The minimum atomic E-state index is -3.52. The number of hydrogen-bond donors (Lipinski definition) is 1. The second-order valence-electron chi connectivity index (χ2n) is 6.29. The number of hydrogen-bond acceptors (Lipinski definition) is 6. The number of nitrogens with one attached hydrogen (secondary N) is 1. The molecular formula is C18H21BrN2O5S2. The average molecular weight is 489 g/mol. The number of anilines is 1. The van der Waals surface area contributed by atoms with Crippen molar-refractivity contribution in [2.45, 2.75) is 17.1 Å². The molecule has 0 aliphatic carbocycles. The minimum absolute atomic E-state index is 0.150. The average Bonchev–Trinajstić information content (AvgIpc) is 3.15. The number of carbonyl (C=O) groups excluding carboxylic acids is 1. The van der Waals surface area contributed by atoms with Crippen molar-refractivity contribution in [3.05, 3.63) is 34.1 Å². The van der Waals surface area contributed by atoms with Crippen LogP contribution >= 0.6 is 27.3 Å². The summed E-state index contributed by atoms with van der Waals surface area (Å²) in [6, 6.07) is 8.49. The molecule has 1 amide bonds. The molecule has 1 aliphatic rings. The summed E-state index contributed by atoms with van der Waals surface area (Å²) in [4.78, 5) is 12.7. The molecular weight excluding hydrogens is 468 g/mol. The van der Waals surface area contributed by atoms with Crippen molar-refractivity contribution in [2.24, 2.45) is 5.92 Å². The van der Waals surface area contributed by atoms with Crippen molar-refractivity contribution < 1.29 is 22.7 Å². The standard InChI is InChI=1S/C18H21BrN2O5S2/c1-25-13-3-4-15(26-2)14(11-13)20-18(22)12-7-9-21(10-8-12)28(23,24)17-6-5-16(19)27-17/h3-6,11-12H,7-10H2,1-2H3,(H,20,22). The molecule has 0 unspecified atom stereocenters. The number of piperidine rings is 1. The number of thiophene rings is 1. The maximum atomic E-state index is 12.7. The topological polar surface area (TPSA) is 84.9 Å². The van der Waals surface area contributed by atoms with Gasteiger partial charge in [0.25, 0.3) is 10.0 Å². The van der Waals surface area contributed by atoms with E-state index in [-0.39, 0.29) is 11.8 Å². The number of amides is 1. The summed E-state index contributed by atoms with van der Waals surface area (Å²) in [6.45, 7) is 0.621. The van der Waals surface area contributed by atoms with Crippen molar-refractivity contribution >= 4 is 48.9 Å². The van der Waals surface area contributed by atoms with Gasteiger partial charge in [-0.1, -0.05) is 0 Å². The molecule has 0 spiro atoms. The fourth-order valence-electron chi connectivity index (χ4n) is 3.07. The number of rotatable bonds is 6. The molecule has 1 fully saturated rings. The molecule has 28 heavy (non-hydrogen) atoms. The number of benzene rings is 1. The van der Waals surface area contributed by atoms with Crippen LogP contribution in [0.25, 0.3) is 0 Å². The predicted molar refractivity (Wildman–Crippen MR) is 112 cm³/mol. The van der Waals surface area contributed by atoms with Crippen LogP contribution in [-0.2, 0) is 14.8 Å².